The smallest absolute Gasteiger partial charge is 0.257 e. The topological polar surface area (TPSA) is 88.7 Å². The Morgan fingerprint density at radius 3 is 2.76 bits per heavy atom. The van der Waals surface area contributed by atoms with Gasteiger partial charge < -0.3 is 25.4 Å². The van der Waals surface area contributed by atoms with Gasteiger partial charge in [0.1, 0.15) is 5.75 Å². The summed E-state index contributed by atoms with van der Waals surface area (Å²) < 4.78 is 10.2. The Morgan fingerprint density at radius 2 is 2.05 bits per heavy atom. The van der Waals surface area contributed by atoms with E-state index in [0.717, 1.165) is 0 Å². The van der Waals surface area contributed by atoms with Crippen LogP contribution in [0, 0.1) is 0 Å². The molecule has 1 aromatic rings. The fourth-order valence-corrected chi connectivity index (χ4v) is 1.47. The number of likely N-dealkylation sites (N-methyl/N-ethyl adjacent to an activating group) is 1. The zero-order chi connectivity index (χ0) is 15.5. The lowest BCUT2D eigenvalue weighted by Crippen LogP contribution is -2.30. The fourth-order valence-electron chi connectivity index (χ4n) is 1.47. The maximum atomic E-state index is 11.7. The molecule has 0 aliphatic heterocycles. The molecule has 0 radical (unpaired) electrons. The van der Waals surface area contributed by atoms with Crippen LogP contribution in [0.15, 0.2) is 24.3 Å². The molecule has 0 bridgehead atoms. The minimum atomic E-state index is -0.216. The SMILES string of the molecule is CNC(=O)COc1cccc(NC(=O)CNCCOC)c1. The first-order valence-corrected chi connectivity index (χ1v) is 6.58. The molecule has 0 unspecified atom stereocenters. The molecule has 0 saturated carbocycles. The standard InChI is InChI=1S/C14H21N3O4/c1-15-14(19)10-21-12-5-3-4-11(8-12)17-13(18)9-16-6-7-20-2/h3-5,8,16H,6-7,9-10H2,1-2H3,(H,15,19)(H,17,18). The van der Waals surface area contributed by atoms with Gasteiger partial charge in [-0.3, -0.25) is 9.59 Å². The first-order chi connectivity index (χ1) is 10.2. The summed E-state index contributed by atoms with van der Waals surface area (Å²) in [6.07, 6.45) is 0. The number of benzene rings is 1. The Labute approximate surface area is 124 Å². The van der Waals surface area contributed by atoms with Crippen molar-refractivity contribution < 1.29 is 19.1 Å². The fraction of sp³-hybridized carbons (Fsp3) is 0.429. The number of hydrogen-bond donors (Lipinski definition) is 3. The molecule has 7 nitrogen and oxygen atoms in total. The highest BCUT2D eigenvalue weighted by Gasteiger charge is 2.04. The number of rotatable bonds is 9. The van der Waals surface area contributed by atoms with Crippen molar-refractivity contribution in [2.45, 2.75) is 0 Å². The van der Waals surface area contributed by atoms with Crippen molar-refractivity contribution in [1.82, 2.24) is 10.6 Å². The molecule has 2 amide bonds. The summed E-state index contributed by atoms with van der Waals surface area (Å²) >= 11 is 0. The molecule has 0 saturated heterocycles. The number of ether oxygens (including phenoxy) is 2. The van der Waals surface area contributed by atoms with Crippen molar-refractivity contribution in [2.24, 2.45) is 0 Å². The third-order valence-corrected chi connectivity index (χ3v) is 2.54. The summed E-state index contributed by atoms with van der Waals surface area (Å²) in [7, 11) is 3.14. The predicted molar refractivity (Wildman–Crippen MR) is 79.4 cm³/mol. The second-order valence-corrected chi connectivity index (χ2v) is 4.21. The summed E-state index contributed by atoms with van der Waals surface area (Å²) in [6, 6.07) is 6.87. The normalized spacial score (nSPS) is 10.0. The molecule has 0 spiro atoms. The van der Waals surface area contributed by atoms with Crippen LogP contribution in [0.5, 0.6) is 5.75 Å². The van der Waals surface area contributed by atoms with Crippen LogP contribution < -0.4 is 20.7 Å². The molecule has 7 heteroatoms. The summed E-state index contributed by atoms with van der Waals surface area (Å²) in [5.74, 6) is 0.144. The monoisotopic (exact) mass is 295 g/mol. The lowest BCUT2D eigenvalue weighted by atomic mass is 10.3. The van der Waals surface area contributed by atoms with Crippen LogP contribution in [0.25, 0.3) is 0 Å². The molecule has 0 aliphatic carbocycles. The first-order valence-electron chi connectivity index (χ1n) is 6.58. The maximum Gasteiger partial charge on any atom is 0.257 e. The van der Waals surface area contributed by atoms with Crippen LogP contribution >= 0.6 is 0 Å². The highest BCUT2D eigenvalue weighted by atomic mass is 16.5. The van der Waals surface area contributed by atoms with Gasteiger partial charge in [0.05, 0.1) is 13.2 Å². The summed E-state index contributed by atoms with van der Waals surface area (Å²) in [5, 5.41) is 8.15. The van der Waals surface area contributed by atoms with Gasteiger partial charge in [0.25, 0.3) is 5.91 Å². The molecule has 1 rings (SSSR count). The number of amides is 2. The average molecular weight is 295 g/mol. The third-order valence-electron chi connectivity index (χ3n) is 2.54. The van der Waals surface area contributed by atoms with Crippen LogP contribution in [0.1, 0.15) is 0 Å². The average Bonchev–Trinajstić information content (AvgIpc) is 2.49. The molecule has 116 valence electrons. The second kappa shape index (κ2) is 9.73. The molecule has 21 heavy (non-hydrogen) atoms. The van der Waals surface area contributed by atoms with Gasteiger partial charge in [-0.15, -0.1) is 0 Å². The molecule has 0 aromatic heterocycles. The van der Waals surface area contributed by atoms with Crippen LogP contribution in [0.2, 0.25) is 0 Å². The Bertz CT molecular complexity index is 465. The van der Waals surface area contributed by atoms with E-state index in [2.05, 4.69) is 16.0 Å². The van der Waals surface area contributed by atoms with Crippen molar-refractivity contribution in [1.29, 1.82) is 0 Å². The van der Waals surface area contributed by atoms with Gasteiger partial charge in [0.15, 0.2) is 6.61 Å². The van der Waals surface area contributed by atoms with Gasteiger partial charge in [-0.1, -0.05) is 6.07 Å². The minimum Gasteiger partial charge on any atom is -0.484 e. The highest BCUT2D eigenvalue weighted by Crippen LogP contribution is 2.17. The number of methoxy groups -OCH3 is 1. The summed E-state index contributed by atoms with van der Waals surface area (Å²) in [5.41, 5.74) is 0.614. The zero-order valence-corrected chi connectivity index (χ0v) is 12.3. The molecule has 0 atom stereocenters. The number of nitrogens with one attached hydrogen (secondary N) is 3. The largest absolute Gasteiger partial charge is 0.484 e. The second-order valence-electron chi connectivity index (χ2n) is 4.21. The quantitative estimate of drug-likeness (QED) is 0.558. The van der Waals surface area contributed by atoms with E-state index in [1.54, 1.807) is 38.4 Å². The molecule has 0 heterocycles. The van der Waals surface area contributed by atoms with E-state index in [1.165, 1.54) is 0 Å². The van der Waals surface area contributed by atoms with Gasteiger partial charge in [0, 0.05) is 32.5 Å². The number of anilines is 1. The van der Waals surface area contributed by atoms with Crippen LogP contribution in [0.3, 0.4) is 0 Å². The van der Waals surface area contributed by atoms with Crippen molar-refractivity contribution in [3.63, 3.8) is 0 Å². The van der Waals surface area contributed by atoms with E-state index >= 15 is 0 Å². The Balaban J connectivity index is 2.41. The number of hydrogen-bond acceptors (Lipinski definition) is 5. The van der Waals surface area contributed by atoms with Gasteiger partial charge in [-0.25, -0.2) is 0 Å². The van der Waals surface area contributed by atoms with E-state index < -0.39 is 0 Å². The van der Waals surface area contributed by atoms with Gasteiger partial charge in [0.2, 0.25) is 5.91 Å². The minimum absolute atomic E-state index is 0.0630. The Kier molecular flexibility index (Phi) is 7.85. The molecular weight excluding hydrogens is 274 g/mol. The summed E-state index contributed by atoms with van der Waals surface area (Å²) in [6.45, 7) is 1.30. The van der Waals surface area contributed by atoms with Crippen LogP contribution in [-0.2, 0) is 14.3 Å². The number of carbonyl (C=O) groups excluding carboxylic acids is 2. The lowest BCUT2D eigenvalue weighted by Gasteiger charge is -2.09. The molecule has 0 fully saturated rings. The van der Waals surface area contributed by atoms with E-state index in [1.807, 2.05) is 0 Å². The van der Waals surface area contributed by atoms with Crippen molar-refractivity contribution in [3.8, 4) is 5.75 Å². The van der Waals surface area contributed by atoms with Gasteiger partial charge in [-0.05, 0) is 12.1 Å². The van der Waals surface area contributed by atoms with Crippen molar-refractivity contribution >= 4 is 17.5 Å². The van der Waals surface area contributed by atoms with E-state index in [9.17, 15) is 9.59 Å². The Morgan fingerprint density at radius 1 is 1.24 bits per heavy atom. The summed E-state index contributed by atoms with van der Waals surface area (Å²) in [4.78, 5) is 22.8. The third kappa shape index (κ3) is 7.28. The highest BCUT2D eigenvalue weighted by molar-refractivity contribution is 5.92. The first kappa shape index (κ1) is 16.9. The van der Waals surface area contributed by atoms with Gasteiger partial charge in [-0.2, -0.15) is 0 Å². The number of carbonyl (C=O) groups is 2. The van der Waals surface area contributed by atoms with E-state index in [4.69, 9.17) is 9.47 Å². The maximum absolute atomic E-state index is 11.7. The zero-order valence-electron chi connectivity index (χ0n) is 12.3. The molecule has 0 aliphatic rings. The van der Waals surface area contributed by atoms with Crippen molar-refractivity contribution in [3.05, 3.63) is 24.3 Å². The van der Waals surface area contributed by atoms with E-state index in [-0.39, 0.29) is 25.0 Å². The van der Waals surface area contributed by atoms with Crippen LogP contribution in [-0.4, -0.2) is 52.3 Å². The predicted octanol–water partition coefficient (Wildman–Crippen LogP) is -0.0141. The Hall–Kier alpha value is -2.12. The lowest BCUT2D eigenvalue weighted by molar-refractivity contribution is -0.122. The van der Waals surface area contributed by atoms with Crippen LogP contribution in [0.4, 0.5) is 5.69 Å². The van der Waals surface area contributed by atoms with Gasteiger partial charge >= 0.3 is 0 Å². The van der Waals surface area contributed by atoms with E-state index in [0.29, 0.717) is 24.6 Å². The molecular formula is C14H21N3O4. The molecule has 3 N–H and O–H groups in total. The van der Waals surface area contributed by atoms with Crippen molar-refractivity contribution in [2.75, 3.05) is 45.8 Å². The molecule has 1 aromatic carbocycles.